The highest BCUT2D eigenvalue weighted by atomic mass is 19.3. The number of ether oxygens (including phenoxy) is 1. The predicted molar refractivity (Wildman–Crippen MR) is 113 cm³/mol. The van der Waals surface area contributed by atoms with Gasteiger partial charge in [-0.1, -0.05) is 13.8 Å². The van der Waals surface area contributed by atoms with Gasteiger partial charge in [0.05, 0.1) is 5.69 Å². The molecule has 2 amide bonds. The maximum Gasteiger partial charge on any atom is 0.387 e. The van der Waals surface area contributed by atoms with Crippen molar-refractivity contribution >= 4 is 22.6 Å². The van der Waals surface area contributed by atoms with Crippen LogP contribution in [-0.4, -0.2) is 73.2 Å². The van der Waals surface area contributed by atoms with Crippen molar-refractivity contribution in [1.29, 1.82) is 0 Å². The molecule has 0 saturated carbocycles. The highest BCUT2D eigenvalue weighted by Gasteiger charge is 2.25. The molecule has 0 spiro atoms. The minimum absolute atomic E-state index is 0.0264. The molecule has 7 nitrogen and oxygen atoms in total. The van der Waals surface area contributed by atoms with Crippen LogP contribution in [0.4, 0.5) is 19.3 Å². The molecule has 2 aromatic rings. The van der Waals surface area contributed by atoms with Crippen molar-refractivity contribution in [3.63, 3.8) is 0 Å². The summed E-state index contributed by atoms with van der Waals surface area (Å²) >= 11 is 0. The van der Waals surface area contributed by atoms with Gasteiger partial charge in [-0.15, -0.1) is 0 Å². The lowest BCUT2D eigenvalue weighted by molar-refractivity contribution is -0.0489. The fourth-order valence-corrected chi connectivity index (χ4v) is 3.75. The molecule has 0 radical (unpaired) electrons. The van der Waals surface area contributed by atoms with E-state index in [0.29, 0.717) is 23.5 Å². The molecule has 164 valence electrons. The van der Waals surface area contributed by atoms with E-state index in [2.05, 4.69) is 51.0 Å². The van der Waals surface area contributed by atoms with Gasteiger partial charge in [-0.05, 0) is 37.2 Å². The van der Waals surface area contributed by atoms with Gasteiger partial charge in [0.1, 0.15) is 5.52 Å². The summed E-state index contributed by atoms with van der Waals surface area (Å²) < 4.78 is 29.8. The van der Waals surface area contributed by atoms with Gasteiger partial charge in [0.2, 0.25) is 0 Å². The van der Waals surface area contributed by atoms with Crippen molar-refractivity contribution in [2.45, 2.75) is 26.5 Å². The molecule has 3 rings (SSSR count). The molecule has 9 heteroatoms. The number of amides is 2. The molecule has 1 atom stereocenters. The minimum atomic E-state index is -2.94. The van der Waals surface area contributed by atoms with Crippen LogP contribution in [0, 0.1) is 5.92 Å². The van der Waals surface area contributed by atoms with Gasteiger partial charge in [0, 0.05) is 50.3 Å². The molecular formula is C21H29F2N5O2. The number of fused-ring (bicyclic) bond motifs is 1. The number of carbonyl (C=O) groups is 1. The second kappa shape index (κ2) is 9.99. The van der Waals surface area contributed by atoms with Gasteiger partial charge >= 0.3 is 12.6 Å². The zero-order valence-corrected chi connectivity index (χ0v) is 17.6. The Morgan fingerprint density at radius 2 is 1.93 bits per heavy atom. The highest BCUT2D eigenvalue weighted by Crippen LogP contribution is 2.30. The zero-order valence-electron chi connectivity index (χ0n) is 17.6. The summed E-state index contributed by atoms with van der Waals surface area (Å²) in [4.78, 5) is 21.4. The van der Waals surface area contributed by atoms with E-state index >= 15 is 0 Å². The Balaban J connectivity index is 1.66. The summed E-state index contributed by atoms with van der Waals surface area (Å²) in [5, 5.41) is 6.30. The molecule has 1 saturated heterocycles. The number of likely N-dealkylation sites (N-methyl/N-ethyl adjacent to an activating group) is 1. The molecule has 30 heavy (non-hydrogen) atoms. The van der Waals surface area contributed by atoms with Gasteiger partial charge in [-0.25, -0.2) is 4.79 Å². The number of nitrogens with one attached hydrogen (secondary N) is 2. The number of hydrogen-bond acceptors (Lipinski definition) is 5. The van der Waals surface area contributed by atoms with E-state index in [1.165, 1.54) is 12.3 Å². The fourth-order valence-electron chi connectivity index (χ4n) is 3.75. The average Bonchev–Trinajstić information content (AvgIpc) is 2.71. The van der Waals surface area contributed by atoms with Crippen molar-refractivity contribution < 1.29 is 18.3 Å². The fraction of sp³-hybridized carbons (Fsp3) is 0.524. The molecule has 2 N–H and O–H groups in total. The number of nitrogens with zero attached hydrogens (tertiary/aromatic N) is 3. The van der Waals surface area contributed by atoms with Crippen molar-refractivity contribution in [2.75, 3.05) is 45.1 Å². The van der Waals surface area contributed by atoms with Crippen LogP contribution in [0.1, 0.15) is 13.8 Å². The molecule has 1 unspecified atom stereocenters. The number of piperazine rings is 1. The Morgan fingerprint density at radius 1 is 1.20 bits per heavy atom. The number of alkyl halides is 2. The van der Waals surface area contributed by atoms with E-state index in [4.69, 9.17) is 0 Å². The molecule has 1 aromatic carbocycles. The quantitative estimate of drug-likeness (QED) is 0.718. The number of hydrogen-bond donors (Lipinski definition) is 2. The number of anilines is 1. The summed E-state index contributed by atoms with van der Waals surface area (Å²) in [5.41, 5.74) is 0.756. The van der Waals surface area contributed by atoms with Crippen molar-refractivity contribution in [2.24, 2.45) is 5.92 Å². The second-order valence-electron chi connectivity index (χ2n) is 7.87. The van der Waals surface area contributed by atoms with Crippen LogP contribution in [0.25, 0.3) is 10.9 Å². The first-order valence-electron chi connectivity index (χ1n) is 10.1. The van der Waals surface area contributed by atoms with Crippen LogP contribution < -0.4 is 15.4 Å². The van der Waals surface area contributed by atoms with Crippen LogP contribution in [-0.2, 0) is 0 Å². The molecule has 0 aliphatic carbocycles. The summed E-state index contributed by atoms with van der Waals surface area (Å²) in [7, 11) is 2.12. The van der Waals surface area contributed by atoms with E-state index in [1.54, 1.807) is 18.2 Å². The van der Waals surface area contributed by atoms with Crippen LogP contribution >= 0.6 is 0 Å². The predicted octanol–water partition coefficient (Wildman–Crippen LogP) is 3.23. The monoisotopic (exact) mass is 421 g/mol. The maximum absolute atomic E-state index is 12.6. The Hall–Kier alpha value is -2.52. The van der Waals surface area contributed by atoms with E-state index < -0.39 is 6.61 Å². The maximum atomic E-state index is 12.6. The number of halogens is 2. The molecule has 2 heterocycles. The van der Waals surface area contributed by atoms with E-state index in [-0.39, 0.29) is 23.3 Å². The molecule has 1 aromatic heterocycles. The topological polar surface area (TPSA) is 69.7 Å². The highest BCUT2D eigenvalue weighted by molar-refractivity contribution is 6.02. The van der Waals surface area contributed by atoms with Crippen LogP contribution in [0.2, 0.25) is 0 Å². The zero-order chi connectivity index (χ0) is 21.7. The van der Waals surface area contributed by atoms with Gasteiger partial charge in [-0.2, -0.15) is 8.78 Å². The lowest BCUT2D eigenvalue weighted by Gasteiger charge is -2.39. The van der Waals surface area contributed by atoms with E-state index in [9.17, 15) is 13.6 Å². The smallest absolute Gasteiger partial charge is 0.387 e. The lowest BCUT2D eigenvalue weighted by atomic mass is 10.0. The van der Waals surface area contributed by atoms with Crippen LogP contribution in [0.5, 0.6) is 5.75 Å². The summed E-state index contributed by atoms with van der Waals surface area (Å²) in [6.45, 7) is 5.88. The average molecular weight is 421 g/mol. The molecule has 0 bridgehead atoms. The second-order valence-corrected chi connectivity index (χ2v) is 7.87. The third-order valence-electron chi connectivity index (χ3n) is 5.45. The molecular weight excluding hydrogens is 392 g/mol. The summed E-state index contributed by atoms with van der Waals surface area (Å²) in [6, 6.07) is 6.21. The molecule has 1 aliphatic rings. The SMILES string of the molecule is CC(C)C(CNC(=O)Nc1ccc(OC(F)F)c2ncccc12)N1CCN(C)CC1. The number of carbonyl (C=O) groups excluding carboxylic acids is 1. The van der Waals surface area contributed by atoms with Gasteiger partial charge < -0.3 is 20.3 Å². The third-order valence-corrected chi connectivity index (χ3v) is 5.45. The normalized spacial score (nSPS) is 16.8. The largest absolute Gasteiger partial charge is 0.432 e. The first-order valence-corrected chi connectivity index (χ1v) is 10.1. The van der Waals surface area contributed by atoms with E-state index in [1.807, 2.05) is 0 Å². The third kappa shape index (κ3) is 5.54. The number of pyridine rings is 1. The summed E-state index contributed by atoms with van der Waals surface area (Å²) in [5.74, 6) is 0.367. The Morgan fingerprint density at radius 3 is 2.60 bits per heavy atom. The number of rotatable bonds is 7. The van der Waals surface area contributed by atoms with Crippen LogP contribution in [0.3, 0.4) is 0 Å². The first kappa shape index (κ1) is 22.2. The number of benzene rings is 1. The molecule has 1 fully saturated rings. The van der Waals surface area contributed by atoms with Crippen LogP contribution in [0.15, 0.2) is 30.5 Å². The van der Waals surface area contributed by atoms with Gasteiger partial charge in [0.15, 0.2) is 5.75 Å². The Labute approximate surface area is 175 Å². The van der Waals surface area contributed by atoms with Crippen molar-refractivity contribution in [1.82, 2.24) is 20.1 Å². The van der Waals surface area contributed by atoms with Gasteiger partial charge in [0.25, 0.3) is 0 Å². The van der Waals surface area contributed by atoms with E-state index in [0.717, 1.165) is 26.2 Å². The van der Waals surface area contributed by atoms with Crippen molar-refractivity contribution in [3.8, 4) is 5.75 Å². The van der Waals surface area contributed by atoms with Crippen molar-refractivity contribution in [3.05, 3.63) is 30.5 Å². The Kier molecular flexibility index (Phi) is 7.38. The summed E-state index contributed by atoms with van der Waals surface area (Å²) in [6.07, 6.45) is 1.49. The number of aromatic nitrogens is 1. The van der Waals surface area contributed by atoms with Gasteiger partial charge in [-0.3, -0.25) is 9.88 Å². The lowest BCUT2D eigenvalue weighted by Crippen LogP contribution is -2.54. The number of urea groups is 1. The minimum Gasteiger partial charge on any atom is -0.432 e. The standard InChI is InChI=1S/C21H29F2N5O2/c1-14(2)17(28-11-9-27(3)10-12-28)13-25-21(29)26-16-6-7-18(30-20(22)23)19-15(16)5-4-8-24-19/h4-8,14,17,20H,9-13H2,1-3H3,(H2,25,26,29). The first-order chi connectivity index (χ1) is 14.3. The molecule has 1 aliphatic heterocycles. The Bertz CT molecular complexity index is 856.